The third-order valence-electron chi connectivity index (χ3n) is 6.07. The summed E-state index contributed by atoms with van der Waals surface area (Å²) >= 11 is 0. The molecule has 0 saturated heterocycles. The van der Waals surface area contributed by atoms with Crippen LogP contribution < -0.4 is 0 Å². The minimum atomic E-state index is 0.320. The highest BCUT2D eigenvalue weighted by Crippen LogP contribution is 2.51. The van der Waals surface area contributed by atoms with Crippen LogP contribution in [0.3, 0.4) is 0 Å². The lowest BCUT2D eigenvalue weighted by Crippen LogP contribution is -1.92. The zero-order valence-corrected chi connectivity index (χ0v) is 13.7. The van der Waals surface area contributed by atoms with E-state index in [0.29, 0.717) is 11.5 Å². The van der Waals surface area contributed by atoms with E-state index in [9.17, 15) is 10.2 Å². The Labute approximate surface area is 147 Å². The van der Waals surface area contributed by atoms with Crippen molar-refractivity contribution >= 4 is 64.6 Å². The molecule has 0 radical (unpaired) electrons. The summed E-state index contributed by atoms with van der Waals surface area (Å²) in [5, 5.41) is 34.4. The van der Waals surface area contributed by atoms with E-state index in [4.69, 9.17) is 0 Å². The highest BCUT2D eigenvalue weighted by atomic mass is 16.3. The van der Waals surface area contributed by atoms with Crippen molar-refractivity contribution in [3.63, 3.8) is 0 Å². The summed E-state index contributed by atoms with van der Waals surface area (Å²) in [5.74, 6) is 0.639. The molecule has 0 unspecified atom stereocenters. The molecule has 7 rings (SSSR count). The molecule has 0 spiro atoms. The maximum atomic E-state index is 10.6. The fraction of sp³-hybridized carbons (Fsp3) is 0. The fourth-order valence-corrected chi connectivity index (χ4v) is 5.04. The van der Waals surface area contributed by atoms with Gasteiger partial charge < -0.3 is 10.2 Å². The van der Waals surface area contributed by atoms with Gasteiger partial charge in [-0.05, 0) is 55.2 Å². The second-order valence-electron chi connectivity index (χ2n) is 7.29. The zero-order chi connectivity index (χ0) is 17.2. The Balaban J connectivity index is 2.09. The van der Waals surface area contributed by atoms with Crippen molar-refractivity contribution < 1.29 is 10.2 Å². The summed E-state index contributed by atoms with van der Waals surface area (Å²) < 4.78 is 0. The van der Waals surface area contributed by atoms with Gasteiger partial charge in [0.2, 0.25) is 0 Å². The van der Waals surface area contributed by atoms with Crippen LogP contribution in [0.4, 0.5) is 0 Å². The number of hydrogen-bond donors (Lipinski definition) is 2. The molecule has 0 heterocycles. The van der Waals surface area contributed by atoms with E-state index in [0.717, 1.165) is 43.1 Å². The summed E-state index contributed by atoms with van der Waals surface area (Å²) in [5.41, 5.74) is 0. The zero-order valence-electron chi connectivity index (χ0n) is 13.7. The van der Waals surface area contributed by atoms with Crippen LogP contribution in [0.1, 0.15) is 0 Å². The van der Waals surface area contributed by atoms with Crippen molar-refractivity contribution in [2.45, 2.75) is 0 Å². The first-order chi connectivity index (χ1) is 12.7. The standard InChI is InChI=1S/C24H12O2/c25-17-9-13-3-1-11-5-7-15-18(26)10-14-4-2-12-6-8-16(17)24-20(12)22(14)23(15)19(11)21(13)24/h1-10,25-26H. The van der Waals surface area contributed by atoms with Gasteiger partial charge in [0, 0.05) is 21.5 Å². The average molecular weight is 332 g/mol. The molecule has 7 aromatic carbocycles. The molecule has 0 aliphatic heterocycles. The van der Waals surface area contributed by atoms with E-state index >= 15 is 0 Å². The molecule has 0 aromatic heterocycles. The van der Waals surface area contributed by atoms with E-state index < -0.39 is 0 Å². The molecule has 0 bridgehead atoms. The highest BCUT2D eigenvalue weighted by Gasteiger charge is 2.22. The summed E-state index contributed by atoms with van der Waals surface area (Å²) in [6.45, 7) is 0. The Bertz CT molecular complexity index is 1500. The Morgan fingerprint density at radius 3 is 1.19 bits per heavy atom. The van der Waals surface area contributed by atoms with E-state index in [1.165, 1.54) is 21.5 Å². The molecule has 120 valence electrons. The number of hydrogen-bond acceptors (Lipinski definition) is 2. The predicted molar refractivity (Wildman–Crippen MR) is 108 cm³/mol. The van der Waals surface area contributed by atoms with Gasteiger partial charge in [0.05, 0.1) is 0 Å². The molecule has 26 heavy (non-hydrogen) atoms. The molecule has 2 N–H and O–H groups in total. The van der Waals surface area contributed by atoms with Gasteiger partial charge in [-0.1, -0.05) is 48.5 Å². The molecule has 0 atom stereocenters. The van der Waals surface area contributed by atoms with Crippen LogP contribution in [0.15, 0.2) is 60.7 Å². The number of aromatic hydroxyl groups is 2. The Kier molecular flexibility index (Phi) is 1.89. The Morgan fingerprint density at radius 1 is 0.385 bits per heavy atom. The SMILES string of the molecule is Oc1cc2ccc3ccc4c(O)cc5ccc6ccc1c1c6c5c4c3c21. The minimum absolute atomic E-state index is 0.320. The van der Waals surface area contributed by atoms with Crippen molar-refractivity contribution in [3.8, 4) is 11.5 Å². The maximum absolute atomic E-state index is 10.6. The van der Waals surface area contributed by atoms with Gasteiger partial charge in [-0.15, -0.1) is 0 Å². The molecule has 2 nitrogen and oxygen atoms in total. The van der Waals surface area contributed by atoms with E-state index in [1.54, 1.807) is 0 Å². The second-order valence-corrected chi connectivity index (χ2v) is 7.29. The summed E-state index contributed by atoms with van der Waals surface area (Å²) in [7, 11) is 0. The lowest BCUT2D eigenvalue weighted by molar-refractivity contribution is 0.482. The van der Waals surface area contributed by atoms with E-state index in [1.807, 2.05) is 24.3 Å². The molecule has 0 aliphatic rings. The summed E-state index contributed by atoms with van der Waals surface area (Å²) in [4.78, 5) is 0. The van der Waals surface area contributed by atoms with Crippen LogP contribution in [0.2, 0.25) is 0 Å². The molecule has 0 saturated carbocycles. The Hall–Kier alpha value is -3.52. The number of benzene rings is 7. The molecule has 0 fully saturated rings. The lowest BCUT2D eigenvalue weighted by atomic mass is 9.82. The van der Waals surface area contributed by atoms with E-state index in [2.05, 4.69) is 36.4 Å². The highest BCUT2D eigenvalue weighted by molar-refractivity contribution is 6.45. The molecule has 7 aromatic rings. The third-order valence-corrected chi connectivity index (χ3v) is 6.07. The number of rotatable bonds is 0. The first-order valence-electron chi connectivity index (χ1n) is 8.74. The molecular weight excluding hydrogens is 320 g/mol. The largest absolute Gasteiger partial charge is 0.507 e. The van der Waals surface area contributed by atoms with Gasteiger partial charge in [0.15, 0.2) is 0 Å². The van der Waals surface area contributed by atoms with Crippen LogP contribution in [0.25, 0.3) is 64.6 Å². The smallest absolute Gasteiger partial charge is 0.124 e. The average Bonchev–Trinajstić information content (AvgIpc) is 2.66. The fourth-order valence-electron chi connectivity index (χ4n) is 5.04. The van der Waals surface area contributed by atoms with Gasteiger partial charge in [-0.3, -0.25) is 0 Å². The van der Waals surface area contributed by atoms with Gasteiger partial charge >= 0.3 is 0 Å². The monoisotopic (exact) mass is 332 g/mol. The van der Waals surface area contributed by atoms with Crippen LogP contribution in [-0.2, 0) is 0 Å². The van der Waals surface area contributed by atoms with Crippen molar-refractivity contribution in [2.24, 2.45) is 0 Å². The topological polar surface area (TPSA) is 40.5 Å². The maximum Gasteiger partial charge on any atom is 0.124 e. The Morgan fingerprint density at radius 2 is 0.731 bits per heavy atom. The van der Waals surface area contributed by atoms with Gasteiger partial charge in [-0.25, -0.2) is 0 Å². The molecular formula is C24H12O2. The van der Waals surface area contributed by atoms with Gasteiger partial charge in [-0.2, -0.15) is 0 Å². The van der Waals surface area contributed by atoms with E-state index in [-0.39, 0.29) is 0 Å². The van der Waals surface area contributed by atoms with Crippen LogP contribution in [-0.4, -0.2) is 10.2 Å². The normalized spacial score (nSPS) is 12.9. The van der Waals surface area contributed by atoms with Crippen LogP contribution >= 0.6 is 0 Å². The molecule has 0 amide bonds. The summed E-state index contributed by atoms with van der Waals surface area (Å²) in [6, 6.07) is 20.3. The third kappa shape index (κ3) is 1.20. The second kappa shape index (κ2) is 3.83. The van der Waals surface area contributed by atoms with Crippen molar-refractivity contribution in [1.82, 2.24) is 0 Å². The van der Waals surface area contributed by atoms with Crippen molar-refractivity contribution in [3.05, 3.63) is 60.7 Å². The predicted octanol–water partition coefficient (Wildman–Crippen LogP) is 6.33. The minimum Gasteiger partial charge on any atom is -0.507 e. The molecule has 0 aliphatic carbocycles. The molecule has 2 heteroatoms. The van der Waals surface area contributed by atoms with Crippen LogP contribution in [0.5, 0.6) is 11.5 Å². The first-order valence-corrected chi connectivity index (χ1v) is 8.74. The number of phenols is 2. The number of phenolic OH excluding ortho intramolecular Hbond substituents is 2. The van der Waals surface area contributed by atoms with Gasteiger partial charge in [0.1, 0.15) is 11.5 Å². The first kappa shape index (κ1) is 12.8. The van der Waals surface area contributed by atoms with Crippen molar-refractivity contribution in [1.29, 1.82) is 0 Å². The van der Waals surface area contributed by atoms with Crippen molar-refractivity contribution in [2.75, 3.05) is 0 Å². The lowest BCUT2D eigenvalue weighted by Gasteiger charge is -2.21. The summed E-state index contributed by atoms with van der Waals surface area (Å²) in [6.07, 6.45) is 0. The van der Waals surface area contributed by atoms with Crippen LogP contribution in [0, 0.1) is 0 Å². The van der Waals surface area contributed by atoms with Gasteiger partial charge in [0.25, 0.3) is 0 Å². The quantitative estimate of drug-likeness (QED) is 0.252.